The van der Waals surface area contributed by atoms with Crippen LogP contribution in [0.1, 0.15) is 13.3 Å². The highest BCUT2D eigenvalue weighted by Gasteiger charge is 2.03. The molecule has 0 aliphatic carbocycles. The summed E-state index contributed by atoms with van der Waals surface area (Å²) in [5, 5.41) is 3.20. The Kier molecular flexibility index (Phi) is 3.80. The summed E-state index contributed by atoms with van der Waals surface area (Å²) in [6.07, 6.45) is 4.22. The number of halogens is 1. The van der Waals surface area contributed by atoms with E-state index in [2.05, 4.69) is 22.2 Å². The Bertz CT molecular complexity index is 211. The van der Waals surface area contributed by atoms with Crippen molar-refractivity contribution >= 4 is 17.4 Å². The van der Waals surface area contributed by atoms with E-state index >= 15 is 0 Å². The van der Waals surface area contributed by atoms with Gasteiger partial charge in [0.15, 0.2) is 0 Å². The van der Waals surface area contributed by atoms with Crippen LogP contribution in [0.2, 0.25) is 0 Å². The summed E-state index contributed by atoms with van der Waals surface area (Å²) in [5.74, 6) is 1.43. The molecule has 0 radical (unpaired) electrons. The van der Waals surface area contributed by atoms with Gasteiger partial charge < -0.3 is 5.32 Å². The highest BCUT2D eigenvalue weighted by atomic mass is 35.5. The Balaban J connectivity index is 2.51. The fraction of sp³-hybridized carbons (Fsp3) is 0.500. The van der Waals surface area contributed by atoms with Gasteiger partial charge in [0.2, 0.25) is 0 Å². The number of rotatable bonds is 4. The Labute approximate surface area is 77.2 Å². The fourth-order valence-electron chi connectivity index (χ4n) is 0.835. The summed E-state index contributed by atoms with van der Waals surface area (Å²) in [6.45, 7) is 2.08. The zero-order valence-electron chi connectivity index (χ0n) is 7.00. The van der Waals surface area contributed by atoms with Gasteiger partial charge >= 0.3 is 0 Å². The SMILES string of the molecule is CCC(CCl)Nc1ccncn1. The molecule has 0 aromatic carbocycles. The highest BCUT2D eigenvalue weighted by molar-refractivity contribution is 6.18. The number of alkyl halides is 1. The second-order valence-electron chi connectivity index (χ2n) is 2.50. The summed E-state index contributed by atoms with van der Waals surface area (Å²) < 4.78 is 0. The van der Waals surface area contributed by atoms with Crippen molar-refractivity contribution in [3.05, 3.63) is 18.6 Å². The van der Waals surface area contributed by atoms with Gasteiger partial charge in [-0.25, -0.2) is 9.97 Å². The molecule has 3 nitrogen and oxygen atoms in total. The van der Waals surface area contributed by atoms with Crippen molar-refractivity contribution < 1.29 is 0 Å². The van der Waals surface area contributed by atoms with Crippen LogP contribution in [0.5, 0.6) is 0 Å². The maximum atomic E-state index is 5.71. The van der Waals surface area contributed by atoms with Crippen LogP contribution in [0.4, 0.5) is 5.82 Å². The second kappa shape index (κ2) is 4.93. The molecule has 1 N–H and O–H groups in total. The smallest absolute Gasteiger partial charge is 0.129 e. The first kappa shape index (κ1) is 9.26. The summed E-state index contributed by atoms with van der Waals surface area (Å²) >= 11 is 5.71. The van der Waals surface area contributed by atoms with Gasteiger partial charge in [0.1, 0.15) is 12.1 Å². The minimum absolute atomic E-state index is 0.293. The van der Waals surface area contributed by atoms with E-state index in [-0.39, 0.29) is 0 Å². The zero-order chi connectivity index (χ0) is 8.81. The molecule has 0 bridgehead atoms. The van der Waals surface area contributed by atoms with E-state index in [1.807, 2.05) is 6.07 Å². The van der Waals surface area contributed by atoms with Crippen LogP contribution in [0, 0.1) is 0 Å². The lowest BCUT2D eigenvalue weighted by Crippen LogP contribution is -2.20. The minimum Gasteiger partial charge on any atom is -0.366 e. The Morgan fingerprint density at radius 3 is 3.00 bits per heavy atom. The molecule has 0 amide bonds. The normalized spacial score (nSPS) is 12.5. The van der Waals surface area contributed by atoms with Gasteiger partial charge in [-0.2, -0.15) is 0 Å². The number of hydrogen-bond acceptors (Lipinski definition) is 3. The first-order chi connectivity index (χ1) is 5.86. The molecule has 1 rings (SSSR count). The highest BCUT2D eigenvalue weighted by Crippen LogP contribution is 2.04. The number of hydrogen-bond donors (Lipinski definition) is 1. The fourth-order valence-corrected chi connectivity index (χ4v) is 1.13. The maximum absolute atomic E-state index is 5.71. The van der Waals surface area contributed by atoms with Crippen LogP contribution in [0.3, 0.4) is 0 Å². The van der Waals surface area contributed by atoms with Crippen molar-refractivity contribution in [2.45, 2.75) is 19.4 Å². The molecule has 1 aromatic heterocycles. The summed E-state index contributed by atoms with van der Waals surface area (Å²) in [6, 6.07) is 2.12. The van der Waals surface area contributed by atoms with Crippen molar-refractivity contribution in [1.82, 2.24) is 9.97 Å². The standard InChI is InChI=1S/C8H12ClN3/c1-2-7(5-9)12-8-3-4-10-6-11-8/h3-4,6-7H,2,5H2,1H3,(H,10,11,12). The number of nitrogens with zero attached hydrogens (tertiary/aromatic N) is 2. The van der Waals surface area contributed by atoms with E-state index in [4.69, 9.17) is 11.6 Å². The van der Waals surface area contributed by atoms with Crippen molar-refractivity contribution in [1.29, 1.82) is 0 Å². The van der Waals surface area contributed by atoms with Crippen LogP contribution in [-0.4, -0.2) is 21.9 Å². The number of nitrogens with one attached hydrogen (secondary N) is 1. The van der Waals surface area contributed by atoms with E-state index in [1.165, 1.54) is 6.33 Å². The van der Waals surface area contributed by atoms with Crippen LogP contribution >= 0.6 is 11.6 Å². The van der Waals surface area contributed by atoms with Crippen molar-refractivity contribution in [3.8, 4) is 0 Å². The molecule has 0 fully saturated rings. The molecule has 0 saturated carbocycles. The van der Waals surface area contributed by atoms with Gasteiger partial charge in [0.25, 0.3) is 0 Å². The van der Waals surface area contributed by atoms with Gasteiger partial charge in [-0.3, -0.25) is 0 Å². The second-order valence-corrected chi connectivity index (χ2v) is 2.81. The molecule has 1 heterocycles. The predicted octanol–water partition coefficient (Wildman–Crippen LogP) is 1.91. The van der Waals surface area contributed by atoms with Gasteiger partial charge in [0.05, 0.1) is 0 Å². The van der Waals surface area contributed by atoms with Gasteiger partial charge in [-0.15, -0.1) is 11.6 Å². The first-order valence-electron chi connectivity index (χ1n) is 3.95. The Morgan fingerprint density at radius 2 is 2.50 bits per heavy atom. The van der Waals surface area contributed by atoms with Gasteiger partial charge in [-0.05, 0) is 12.5 Å². The van der Waals surface area contributed by atoms with E-state index in [0.717, 1.165) is 12.2 Å². The minimum atomic E-state index is 0.293. The zero-order valence-corrected chi connectivity index (χ0v) is 7.75. The quantitative estimate of drug-likeness (QED) is 0.729. The molecule has 4 heteroatoms. The third kappa shape index (κ3) is 2.66. The lowest BCUT2D eigenvalue weighted by Gasteiger charge is -2.13. The summed E-state index contributed by atoms with van der Waals surface area (Å²) in [5.41, 5.74) is 0. The molecule has 12 heavy (non-hydrogen) atoms. The number of aromatic nitrogens is 2. The number of anilines is 1. The summed E-state index contributed by atoms with van der Waals surface area (Å²) in [4.78, 5) is 7.85. The molecule has 1 aromatic rings. The van der Waals surface area contributed by atoms with E-state index in [9.17, 15) is 0 Å². The molecule has 0 aliphatic rings. The van der Waals surface area contributed by atoms with Crippen molar-refractivity contribution in [2.24, 2.45) is 0 Å². The third-order valence-electron chi connectivity index (χ3n) is 1.61. The van der Waals surface area contributed by atoms with Crippen LogP contribution in [0.15, 0.2) is 18.6 Å². The largest absolute Gasteiger partial charge is 0.366 e. The van der Waals surface area contributed by atoms with E-state index in [1.54, 1.807) is 6.20 Å². The molecule has 0 saturated heterocycles. The average molecular weight is 186 g/mol. The van der Waals surface area contributed by atoms with E-state index in [0.29, 0.717) is 11.9 Å². The molecule has 0 aliphatic heterocycles. The van der Waals surface area contributed by atoms with E-state index < -0.39 is 0 Å². The molecule has 1 atom stereocenters. The van der Waals surface area contributed by atoms with Gasteiger partial charge in [0, 0.05) is 18.1 Å². The molecular formula is C8H12ClN3. The first-order valence-corrected chi connectivity index (χ1v) is 4.48. The summed E-state index contributed by atoms with van der Waals surface area (Å²) in [7, 11) is 0. The molecule has 0 spiro atoms. The third-order valence-corrected chi connectivity index (χ3v) is 1.99. The Hall–Kier alpha value is -0.830. The predicted molar refractivity (Wildman–Crippen MR) is 50.5 cm³/mol. The lowest BCUT2D eigenvalue weighted by molar-refractivity contribution is 0.764. The maximum Gasteiger partial charge on any atom is 0.129 e. The van der Waals surface area contributed by atoms with Gasteiger partial charge in [-0.1, -0.05) is 6.92 Å². The topological polar surface area (TPSA) is 37.8 Å². The molecule has 1 unspecified atom stereocenters. The Morgan fingerprint density at radius 1 is 1.67 bits per heavy atom. The molecule has 66 valence electrons. The monoisotopic (exact) mass is 185 g/mol. The lowest BCUT2D eigenvalue weighted by atomic mass is 10.2. The van der Waals surface area contributed by atoms with Crippen molar-refractivity contribution in [3.63, 3.8) is 0 Å². The van der Waals surface area contributed by atoms with Crippen LogP contribution < -0.4 is 5.32 Å². The van der Waals surface area contributed by atoms with Crippen LogP contribution in [0.25, 0.3) is 0 Å². The molecular weight excluding hydrogens is 174 g/mol. The van der Waals surface area contributed by atoms with Crippen molar-refractivity contribution in [2.75, 3.05) is 11.2 Å². The van der Waals surface area contributed by atoms with Crippen LogP contribution in [-0.2, 0) is 0 Å². The average Bonchev–Trinajstić information content (AvgIpc) is 2.16.